The lowest BCUT2D eigenvalue weighted by Crippen LogP contribution is -2.55. The molecule has 3 atom stereocenters. The largest absolute Gasteiger partial charge is 0.490 e. The summed E-state index contributed by atoms with van der Waals surface area (Å²) in [6.07, 6.45) is -0.0335. The second kappa shape index (κ2) is 16.3. The molecule has 0 saturated carbocycles. The maximum Gasteiger partial charge on any atom is 0.490 e. The van der Waals surface area contributed by atoms with Gasteiger partial charge in [-0.05, 0) is 61.8 Å². The standard InChI is InChI=1S/C36H42N4O3.C2HF3O2/c41-33(25-36(27-13-4-1-5-14-27,28-15-6-2-7-16-28)29-17-8-3-9-18-29)39-23-12-21-32(39)35(43)40-24-11-20-31(40)34(42)38-30-19-10-22-37-26-30;3-2(4,5)1(6)7/h1-9,13-18,30-32,37H,10-12,19-26H2,(H,38,42);(H,6,7)/t30?,31-,32+;/m1./s1. The fourth-order valence-electron chi connectivity index (χ4n) is 7.39. The molecule has 0 aromatic heterocycles. The number of hydrogen-bond donors (Lipinski definition) is 3. The van der Waals surface area contributed by atoms with Gasteiger partial charge in [0.15, 0.2) is 0 Å². The Kier molecular flexibility index (Phi) is 11.9. The molecule has 3 heterocycles. The van der Waals surface area contributed by atoms with Crippen molar-refractivity contribution in [2.75, 3.05) is 26.2 Å². The molecule has 3 aromatic rings. The normalized spacial score (nSPS) is 20.8. The van der Waals surface area contributed by atoms with E-state index in [4.69, 9.17) is 9.90 Å². The molecule has 3 aliphatic rings. The van der Waals surface area contributed by atoms with Gasteiger partial charge in [-0.25, -0.2) is 4.79 Å². The summed E-state index contributed by atoms with van der Waals surface area (Å²) in [7, 11) is 0. The number of piperidine rings is 1. The molecular formula is C38H43F3N4O5. The molecule has 0 spiro atoms. The summed E-state index contributed by atoms with van der Waals surface area (Å²) in [6.45, 7) is 2.85. The Hall–Kier alpha value is -4.71. The van der Waals surface area contributed by atoms with Crippen molar-refractivity contribution in [2.24, 2.45) is 0 Å². The summed E-state index contributed by atoms with van der Waals surface area (Å²) in [5.41, 5.74) is 2.39. The smallest absolute Gasteiger partial charge is 0.475 e. The van der Waals surface area contributed by atoms with Crippen LogP contribution in [0.4, 0.5) is 13.2 Å². The lowest BCUT2D eigenvalue weighted by atomic mass is 9.67. The number of carbonyl (C=O) groups excluding carboxylic acids is 3. The molecule has 0 aliphatic carbocycles. The molecular weight excluding hydrogens is 649 g/mol. The van der Waals surface area contributed by atoms with Gasteiger partial charge in [-0.1, -0.05) is 91.0 Å². The van der Waals surface area contributed by atoms with Gasteiger partial charge in [-0.15, -0.1) is 0 Å². The number of carboxylic acid groups (broad SMARTS) is 1. The minimum atomic E-state index is -5.08. The molecule has 3 amide bonds. The first kappa shape index (κ1) is 36.6. The Morgan fingerprint density at radius 1 is 0.720 bits per heavy atom. The third-order valence-corrected chi connectivity index (χ3v) is 9.80. The number of rotatable bonds is 8. The molecule has 266 valence electrons. The minimum Gasteiger partial charge on any atom is -0.475 e. The van der Waals surface area contributed by atoms with E-state index < -0.39 is 29.6 Å². The van der Waals surface area contributed by atoms with E-state index in [-0.39, 0.29) is 30.2 Å². The Morgan fingerprint density at radius 3 is 1.66 bits per heavy atom. The first-order valence-electron chi connectivity index (χ1n) is 17.1. The molecule has 50 heavy (non-hydrogen) atoms. The first-order chi connectivity index (χ1) is 24.0. The highest BCUT2D eigenvalue weighted by molar-refractivity contribution is 5.93. The van der Waals surface area contributed by atoms with E-state index >= 15 is 0 Å². The maximum atomic E-state index is 14.5. The summed E-state index contributed by atoms with van der Waals surface area (Å²) in [5.74, 6) is -2.95. The highest BCUT2D eigenvalue weighted by atomic mass is 19.4. The van der Waals surface area contributed by atoms with Gasteiger partial charge < -0.3 is 25.5 Å². The fourth-order valence-corrected chi connectivity index (χ4v) is 7.39. The molecule has 9 nitrogen and oxygen atoms in total. The van der Waals surface area contributed by atoms with Crippen LogP contribution in [0.2, 0.25) is 0 Å². The molecule has 3 aromatic carbocycles. The van der Waals surface area contributed by atoms with E-state index in [1.54, 1.807) is 9.80 Å². The summed E-state index contributed by atoms with van der Waals surface area (Å²) in [4.78, 5) is 54.3. The molecule has 0 bridgehead atoms. The van der Waals surface area contributed by atoms with Crippen molar-refractivity contribution in [2.45, 2.75) is 74.7 Å². The van der Waals surface area contributed by atoms with Crippen LogP contribution >= 0.6 is 0 Å². The molecule has 3 fully saturated rings. The van der Waals surface area contributed by atoms with Crippen LogP contribution in [0, 0.1) is 0 Å². The van der Waals surface area contributed by atoms with E-state index in [0.717, 1.165) is 55.5 Å². The number of likely N-dealkylation sites (tertiary alicyclic amines) is 2. The van der Waals surface area contributed by atoms with Gasteiger partial charge in [0.25, 0.3) is 0 Å². The van der Waals surface area contributed by atoms with Crippen molar-refractivity contribution in [1.29, 1.82) is 0 Å². The van der Waals surface area contributed by atoms with Gasteiger partial charge >= 0.3 is 12.1 Å². The van der Waals surface area contributed by atoms with Crippen LogP contribution in [0.1, 0.15) is 61.6 Å². The fraction of sp³-hybridized carbons (Fsp3) is 0.421. The lowest BCUT2D eigenvalue weighted by molar-refractivity contribution is -0.192. The van der Waals surface area contributed by atoms with E-state index in [1.807, 2.05) is 54.6 Å². The van der Waals surface area contributed by atoms with Crippen LogP contribution in [0.3, 0.4) is 0 Å². The number of nitrogens with zero attached hydrogens (tertiary/aromatic N) is 2. The average Bonchev–Trinajstić information content (AvgIpc) is 3.83. The summed E-state index contributed by atoms with van der Waals surface area (Å²) < 4.78 is 31.7. The van der Waals surface area contributed by atoms with Crippen LogP contribution in [0.15, 0.2) is 91.0 Å². The van der Waals surface area contributed by atoms with Crippen molar-refractivity contribution in [3.63, 3.8) is 0 Å². The molecule has 6 rings (SSSR count). The average molecular weight is 693 g/mol. The number of alkyl halides is 3. The van der Waals surface area contributed by atoms with Gasteiger partial charge in [-0.2, -0.15) is 13.2 Å². The Morgan fingerprint density at radius 2 is 1.20 bits per heavy atom. The molecule has 0 radical (unpaired) electrons. The summed E-state index contributed by atoms with van der Waals surface area (Å²) in [6, 6.07) is 29.7. The second-order valence-corrected chi connectivity index (χ2v) is 13.0. The number of carbonyl (C=O) groups is 4. The zero-order valence-corrected chi connectivity index (χ0v) is 27.8. The summed E-state index contributed by atoms with van der Waals surface area (Å²) in [5, 5.41) is 13.6. The van der Waals surface area contributed by atoms with Crippen molar-refractivity contribution < 1.29 is 37.5 Å². The number of aliphatic carboxylic acids is 1. The van der Waals surface area contributed by atoms with Crippen molar-refractivity contribution in [3.05, 3.63) is 108 Å². The minimum absolute atomic E-state index is 0.0408. The second-order valence-electron chi connectivity index (χ2n) is 13.0. The third-order valence-electron chi connectivity index (χ3n) is 9.80. The number of nitrogens with one attached hydrogen (secondary N) is 2. The number of hydrogen-bond acceptors (Lipinski definition) is 5. The predicted molar refractivity (Wildman–Crippen MR) is 181 cm³/mol. The van der Waals surface area contributed by atoms with Crippen LogP contribution in [0.5, 0.6) is 0 Å². The number of halogens is 3. The highest BCUT2D eigenvalue weighted by Crippen LogP contribution is 2.43. The Bertz CT molecular complexity index is 1500. The van der Waals surface area contributed by atoms with Gasteiger partial charge in [-0.3, -0.25) is 14.4 Å². The summed E-state index contributed by atoms with van der Waals surface area (Å²) >= 11 is 0. The van der Waals surface area contributed by atoms with Crippen molar-refractivity contribution in [3.8, 4) is 0 Å². The van der Waals surface area contributed by atoms with Gasteiger partial charge in [0, 0.05) is 32.1 Å². The van der Waals surface area contributed by atoms with Gasteiger partial charge in [0.2, 0.25) is 17.7 Å². The van der Waals surface area contributed by atoms with Crippen LogP contribution in [-0.4, -0.2) is 89.1 Å². The van der Waals surface area contributed by atoms with Crippen LogP contribution in [0.25, 0.3) is 0 Å². The van der Waals surface area contributed by atoms with E-state index in [0.29, 0.717) is 25.9 Å². The van der Waals surface area contributed by atoms with Crippen molar-refractivity contribution >= 4 is 23.7 Å². The quantitative estimate of drug-likeness (QED) is 0.290. The Labute approximate surface area is 289 Å². The Balaban J connectivity index is 0.000000630. The number of carboxylic acids is 1. The topological polar surface area (TPSA) is 119 Å². The number of benzene rings is 3. The molecule has 3 N–H and O–H groups in total. The zero-order valence-electron chi connectivity index (χ0n) is 27.8. The molecule has 1 unspecified atom stereocenters. The number of amides is 3. The van der Waals surface area contributed by atoms with Crippen LogP contribution in [-0.2, 0) is 24.6 Å². The molecule has 3 aliphatic heterocycles. The van der Waals surface area contributed by atoms with Crippen LogP contribution < -0.4 is 10.6 Å². The van der Waals surface area contributed by atoms with Crippen molar-refractivity contribution in [1.82, 2.24) is 20.4 Å². The van der Waals surface area contributed by atoms with E-state index in [2.05, 4.69) is 47.0 Å². The predicted octanol–water partition coefficient (Wildman–Crippen LogP) is 4.89. The lowest BCUT2D eigenvalue weighted by Gasteiger charge is -2.38. The van der Waals surface area contributed by atoms with Gasteiger partial charge in [0.1, 0.15) is 12.1 Å². The SMILES string of the molecule is O=C(NC1CCCNC1)[C@H]1CCCN1C(=O)[C@@H]1CCCN1C(=O)CC(c1ccccc1)(c1ccccc1)c1ccccc1.O=C(O)C(F)(F)F. The van der Waals surface area contributed by atoms with Gasteiger partial charge in [0.05, 0.1) is 5.41 Å². The maximum absolute atomic E-state index is 14.5. The molecule has 12 heteroatoms. The van der Waals surface area contributed by atoms with E-state index in [1.165, 1.54) is 0 Å². The van der Waals surface area contributed by atoms with E-state index in [9.17, 15) is 27.6 Å². The highest BCUT2D eigenvalue weighted by Gasteiger charge is 2.45. The molecule has 3 saturated heterocycles. The zero-order chi connectivity index (χ0) is 35.7. The third kappa shape index (κ3) is 8.35. The monoisotopic (exact) mass is 692 g/mol. The first-order valence-corrected chi connectivity index (χ1v) is 17.1.